The summed E-state index contributed by atoms with van der Waals surface area (Å²) < 4.78 is 23.2. The summed E-state index contributed by atoms with van der Waals surface area (Å²) >= 11 is 5.86. The summed E-state index contributed by atoms with van der Waals surface area (Å²) in [6.07, 6.45) is 2.88. The Morgan fingerprint density at radius 3 is 2.60 bits per heavy atom. The summed E-state index contributed by atoms with van der Waals surface area (Å²) in [5.74, 6) is -0.275. The van der Waals surface area contributed by atoms with Crippen molar-refractivity contribution >= 4 is 27.3 Å². The maximum atomic E-state index is 12.4. The third-order valence-electron chi connectivity index (χ3n) is 3.17. The van der Waals surface area contributed by atoms with Crippen molar-refractivity contribution in [3.8, 4) is 0 Å². The molecule has 1 aliphatic rings. The van der Waals surface area contributed by atoms with Gasteiger partial charge in [0.2, 0.25) is 0 Å². The molecule has 0 unspecified atom stereocenters. The van der Waals surface area contributed by atoms with Crippen molar-refractivity contribution < 1.29 is 18.3 Å². The van der Waals surface area contributed by atoms with Crippen molar-refractivity contribution in [1.29, 1.82) is 0 Å². The number of amides is 1. The van der Waals surface area contributed by atoms with Gasteiger partial charge in [-0.3, -0.25) is 4.79 Å². The minimum Gasteiger partial charge on any atom is -0.395 e. The van der Waals surface area contributed by atoms with Crippen LogP contribution in [0.1, 0.15) is 23.2 Å². The summed E-state index contributed by atoms with van der Waals surface area (Å²) in [5.41, 5.74) is 0.273. The molecular weight excluding hydrogens is 302 g/mol. The van der Waals surface area contributed by atoms with Gasteiger partial charge in [0, 0.05) is 24.4 Å². The number of nitrogens with zero attached hydrogens (tertiary/aromatic N) is 1. The molecule has 1 aromatic rings. The Morgan fingerprint density at radius 1 is 1.45 bits per heavy atom. The lowest BCUT2D eigenvalue weighted by molar-refractivity contribution is 0.0707. The van der Waals surface area contributed by atoms with E-state index in [1.165, 1.54) is 18.2 Å². The van der Waals surface area contributed by atoms with Crippen LogP contribution in [0.3, 0.4) is 0 Å². The molecule has 110 valence electrons. The SMILES string of the molecule is CS(=O)(=O)c1cc(C(=O)N(CCO)C2CC2)ccc1Cl. The first-order chi connectivity index (χ1) is 9.34. The quantitative estimate of drug-likeness (QED) is 0.889. The second kappa shape index (κ2) is 5.71. The van der Waals surface area contributed by atoms with E-state index < -0.39 is 9.84 Å². The maximum absolute atomic E-state index is 12.4. The summed E-state index contributed by atoms with van der Waals surface area (Å²) in [5, 5.41) is 9.13. The number of carbonyl (C=O) groups excluding carboxylic acids is 1. The van der Waals surface area contributed by atoms with Crippen LogP contribution >= 0.6 is 11.6 Å². The van der Waals surface area contributed by atoms with Crippen molar-refractivity contribution in [3.05, 3.63) is 28.8 Å². The van der Waals surface area contributed by atoms with Gasteiger partial charge in [-0.15, -0.1) is 0 Å². The van der Waals surface area contributed by atoms with Crippen LogP contribution in [0, 0.1) is 0 Å². The second-order valence-electron chi connectivity index (χ2n) is 4.87. The van der Waals surface area contributed by atoms with Crippen molar-refractivity contribution in [2.24, 2.45) is 0 Å². The van der Waals surface area contributed by atoms with Gasteiger partial charge in [0.15, 0.2) is 9.84 Å². The Balaban J connectivity index is 2.35. The third-order valence-corrected chi connectivity index (χ3v) is 4.75. The van der Waals surface area contributed by atoms with Gasteiger partial charge in [0.05, 0.1) is 16.5 Å². The molecule has 1 aliphatic carbocycles. The van der Waals surface area contributed by atoms with E-state index in [9.17, 15) is 13.2 Å². The highest BCUT2D eigenvalue weighted by molar-refractivity contribution is 7.90. The van der Waals surface area contributed by atoms with Crippen molar-refractivity contribution in [2.75, 3.05) is 19.4 Å². The van der Waals surface area contributed by atoms with Crippen LogP contribution in [0.25, 0.3) is 0 Å². The van der Waals surface area contributed by atoms with Crippen LogP contribution in [0.4, 0.5) is 0 Å². The van der Waals surface area contributed by atoms with Crippen LogP contribution in [0.5, 0.6) is 0 Å². The molecule has 2 rings (SSSR count). The van der Waals surface area contributed by atoms with Gasteiger partial charge in [0.1, 0.15) is 0 Å². The number of halogens is 1. The molecule has 1 aromatic carbocycles. The molecule has 7 heteroatoms. The molecule has 0 saturated heterocycles. The fraction of sp³-hybridized carbons (Fsp3) is 0.462. The maximum Gasteiger partial charge on any atom is 0.254 e. The molecule has 1 N–H and O–H groups in total. The Morgan fingerprint density at radius 2 is 2.10 bits per heavy atom. The van der Waals surface area contributed by atoms with E-state index in [4.69, 9.17) is 16.7 Å². The molecule has 0 bridgehead atoms. The van der Waals surface area contributed by atoms with E-state index in [1.54, 1.807) is 4.90 Å². The van der Waals surface area contributed by atoms with E-state index in [1.807, 2.05) is 0 Å². The number of aliphatic hydroxyl groups is 1. The number of carbonyl (C=O) groups is 1. The van der Waals surface area contributed by atoms with Gasteiger partial charge in [-0.1, -0.05) is 11.6 Å². The summed E-state index contributed by atoms with van der Waals surface area (Å²) in [7, 11) is -3.48. The largest absolute Gasteiger partial charge is 0.395 e. The zero-order chi connectivity index (χ0) is 14.9. The van der Waals surface area contributed by atoms with Gasteiger partial charge >= 0.3 is 0 Å². The molecule has 0 heterocycles. The van der Waals surface area contributed by atoms with Gasteiger partial charge < -0.3 is 10.0 Å². The van der Waals surface area contributed by atoms with Crippen molar-refractivity contribution in [2.45, 2.75) is 23.8 Å². The molecule has 5 nitrogen and oxygen atoms in total. The topological polar surface area (TPSA) is 74.7 Å². The predicted octanol–water partition coefficient (Wildman–Crippen LogP) is 1.34. The number of benzene rings is 1. The second-order valence-corrected chi connectivity index (χ2v) is 7.26. The van der Waals surface area contributed by atoms with E-state index >= 15 is 0 Å². The monoisotopic (exact) mass is 317 g/mol. The molecule has 1 fully saturated rings. The number of rotatable bonds is 5. The average molecular weight is 318 g/mol. The molecule has 0 aliphatic heterocycles. The fourth-order valence-electron chi connectivity index (χ4n) is 2.03. The highest BCUT2D eigenvalue weighted by atomic mass is 35.5. The number of hydrogen-bond acceptors (Lipinski definition) is 4. The Hall–Kier alpha value is -1.11. The van der Waals surface area contributed by atoms with E-state index in [0.29, 0.717) is 0 Å². The minimum absolute atomic E-state index is 0.0511. The average Bonchev–Trinajstić information content (AvgIpc) is 3.18. The smallest absolute Gasteiger partial charge is 0.254 e. The third kappa shape index (κ3) is 3.31. The molecule has 20 heavy (non-hydrogen) atoms. The number of sulfone groups is 1. The number of aliphatic hydroxyl groups excluding tert-OH is 1. The zero-order valence-corrected chi connectivity index (χ0v) is 12.6. The van der Waals surface area contributed by atoms with Crippen LogP contribution in [0.2, 0.25) is 5.02 Å². The van der Waals surface area contributed by atoms with E-state index in [0.717, 1.165) is 19.1 Å². The molecule has 1 amide bonds. The zero-order valence-electron chi connectivity index (χ0n) is 11.0. The standard InChI is InChI=1S/C13H16ClNO4S/c1-20(18,19)12-8-9(2-5-11(12)14)13(17)15(6-7-16)10-3-4-10/h2,5,8,10,16H,3-4,6-7H2,1H3. The predicted molar refractivity (Wildman–Crippen MR) is 75.7 cm³/mol. The van der Waals surface area contributed by atoms with Crippen LogP contribution in [-0.2, 0) is 9.84 Å². The lowest BCUT2D eigenvalue weighted by Crippen LogP contribution is -2.35. The molecule has 0 spiro atoms. The van der Waals surface area contributed by atoms with Gasteiger partial charge in [-0.05, 0) is 31.0 Å². The van der Waals surface area contributed by atoms with Crippen LogP contribution in [0.15, 0.2) is 23.1 Å². The molecule has 0 aromatic heterocycles. The summed E-state index contributed by atoms with van der Waals surface area (Å²) in [6, 6.07) is 4.36. The number of hydrogen-bond donors (Lipinski definition) is 1. The lowest BCUT2D eigenvalue weighted by atomic mass is 10.2. The lowest BCUT2D eigenvalue weighted by Gasteiger charge is -2.21. The summed E-state index contributed by atoms with van der Waals surface area (Å²) in [6.45, 7) is 0.134. The fourth-order valence-corrected chi connectivity index (χ4v) is 3.33. The van der Waals surface area contributed by atoms with E-state index in [-0.39, 0.29) is 40.6 Å². The van der Waals surface area contributed by atoms with Crippen LogP contribution in [-0.4, -0.2) is 49.8 Å². The van der Waals surface area contributed by atoms with Gasteiger partial charge in [0.25, 0.3) is 5.91 Å². The first-order valence-corrected chi connectivity index (χ1v) is 8.53. The first-order valence-electron chi connectivity index (χ1n) is 6.26. The van der Waals surface area contributed by atoms with E-state index in [2.05, 4.69) is 0 Å². The van der Waals surface area contributed by atoms with Crippen LogP contribution < -0.4 is 0 Å². The van der Waals surface area contributed by atoms with Gasteiger partial charge in [-0.25, -0.2) is 8.42 Å². The molecule has 0 radical (unpaired) electrons. The highest BCUT2D eigenvalue weighted by Crippen LogP contribution is 2.29. The van der Waals surface area contributed by atoms with Crippen molar-refractivity contribution in [1.82, 2.24) is 4.90 Å². The van der Waals surface area contributed by atoms with Gasteiger partial charge in [-0.2, -0.15) is 0 Å². The Labute approximate surface area is 123 Å². The minimum atomic E-state index is -3.48. The summed E-state index contributed by atoms with van der Waals surface area (Å²) in [4.78, 5) is 13.9. The molecular formula is C13H16ClNO4S. The molecule has 0 atom stereocenters. The Kier molecular flexibility index (Phi) is 4.36. The molecule has 1 saturated carbocycles. The first kappa shape index (κ1) is 15.3. The Bertz CT molecular complexity index is 625. The normalized spacial score (nSPS) is 15.2. The van der Waals surface area contributed by atoms with Crippen molar-refractivity contribution in [3.63, 3.8) is 0 Å². The highest BCUT2D eigenvalue weighted by Gasteiger charge is 2.33.